The van der Waals surface area contributed by atoms with Gasteiger partial charge in [-0.15, -0.1) is 0 Å². The number of halogens is 1. The van der Waals surface area contributed by atoms with Crippen molar-refractivity contribution < 1.29 is 9.13 Å². The zero-order chi connectivity index (χ0) is 12.8. The number of benzene rings is 1. The Hall–Kier alpha value is -1.16. The summed E-state index contributed by atoms with van der Waals surface area (Å²) in [5, 5.41) is 0. The largest absolute Gasteiger partial charge is 0.493 e. The molecule has 0 saturated carbocycles. The smallest absolute Gasteiger partial charge is 0.137 e. The summed E-state index contributed by atoms with van der Waals surface area (Å²) in [7, 11) is 0. The third kappa shape index (κ3) is 4.30. The van der Waals surface area contributed by atoms with E-state index < -0.39 is 5.82 Å². The van der Waals surface area contributed by atoms with Gasteiger partial charge in [-0.05, 0) is 30.9 Å². The van der Waals surface area contributed by atoms with Crippen LogP contribution in [0, 0.1) is 11.7 Å². The van der Waals surface area contributed by atoms with Gasteiger partial charge in [-0.1, -0.05) is 32.1 Å². The van der Waals surface area contributed by atoms with E-state index in [1.807, 2.05) is 0 Å². The first-order valence-electron chi connectivity index (χ1n) is 5.73. The molecule has 0 aromatic heterocycles. The van der Waals surface area contributed by atoms with E-state index >= 15 is 0 Å². The molecule has 0 aliphatic carbocycles. The van der Waals surface area contributed by atoms with Gasteiger partial charge in [0, 0.05) is 0 Å². The molecule has 17 heavy (non-hydrogen) atoms. The van der Waals surface area contributed by atoms with Gasteiger partial charge in [-0.2, -0.15) is 0 Å². The fraction of sp³-hybridized carbons (Fsp3) is 0.462. The predicted molar refractivity (Wildman–Crippen MR) is 71.9 cm³/mol. The van der Waals surface area contributed by atoms with Gasteiger partial charge in [0.1, 0.15) is 16.6 Å². The van der Waals surface area contributed by atoms with Crippen molar-refractivity contribution in [2.24, 2.45) is 11.7 Å². The monoisotopic (exact) mass is 255 g/mol. The summed E-state index contributed by atoms with van der Waals surface area (Å²) in [5.74, 6) is 0.640. The molecule has 94 valence electrons. The van der Waals surface area contributed by atoms with Crippen LogP contribution < -0.4 is 10.5 Å². The summed E-state index contributed by atoms with van der Waals surface area (Å²) < 4.78 is 19.0. The molecule has 0 aliphatic rings. The van der Waals surface area contributed by atoms with Gasteiger partial charge in [0.25, 0.3) is 0 Å². The number of thiocarbonyl (C=S) groups is 1. The maximum absolute atomic E-state index is 13.5. The molecule has 2 nitrogen and oxygen atoms in total. The average molecular weight is 255 g/mol. The van der Waals surface area contributed by atoms with Crippen molar-refractivity contribution in [2.75, 3.05) is 6.61 Å². The van der Waals surface area contributed by atoms with Crippen LogP contribution in [-0.2, 0) is 0 Å². The van der Waals surface area contributed by atoms with E-state index in [0.717, 1.165) is 12.8 Å². The van der Waals surface area contributed by atoms with E-state index in [2.05, 4.69) is 13.8 Å². The molecule has 0 heterocycles. The molecule has 0 spiro atoms. The van der Waals surface area contributed by atoms with Crippen molar-refractivity contribution in [2.45, 2.75) is 26.7 Å². The number of hydrogen-bond acceptors (Lipinski definition) is 2. The second kappa shape index (κ2) is 6.55. The quantitative estimate of drug-likeness (QED) is 0.626. The minimum absolute atomic E-state index is 0.0296. The number of nitrogens with two attached hydrogens (primary N) is 1. The minimum Gasteiger partial charge on any atom is -0.493 e. The zero-order valence-corrected chi connectivity index (χ0v) is 11.0. The molecule has 2 N–H and O–H groups in total. The molecule has 0 atom stereocenters. The van der Waals surface area contributed by atoms with Gasteiger partial charge in [0.05, 0.1) is 12.2 Å². The molecule has 0 unspecified atom stereocenters. The van der Waals surface area contributed by atoms with E-state index in [0.29, 0.717) is 18.3 Å². The normalized spacial score (nSPS) is 10.6. The SMILES string of the molecule is CC(C)CCCOc1cccc(F)c1C(N)=S. The number of hydrogen-bond donors (Lipinski definition) is 1. The molecular weight excluding hydrogens is 237 g/mol. The number of rotatable bonds is 6. The minimum atomic E-state index is -0.432. The van der Waals surface area contributed by atoms with Gasteiger partial charge < -0.3 is 10.5 Å². The van der Waals surface area contributed by atoms with Crippen molar-refractivity contribution >= 4 is 17.2 Å². The van der Waals surface area contributed by atoms with Crippen LogP contribution in [0.25, 0.3) is 0 Å². The van der Waals surface area contributed by atoms with Gasteiger partial charge >= 0.3 is 0 Å². The topological polar surface area (TPSA) is 35.2 Å². The first-order valence-corrected chi connectivity index (χ1v) is 6.14. The highest BCUT2D eigenvalue weighted by molar-refractivity contribution is 7.80. The maximum Gasteiger partial charge on any atom is 0.137 e. The second-order valence-corrected chi connectivity index (χ2v) is 4.80. The van der Waals surface area contributed by atoms with Crippen LogP contribution in [0.15, 0.2) is 18.2 Å². The van der Waals surface area contributed by atoms with Crippen molar-refractivity contribution in [1.29, 1.82) is 0 Å². The average Bonchev–Trinajstić information content (AvgIpc) is 2.23. The van der Waals surface area contributed by atoms with Gasteiger partial charge in [0.2, 0.25) is 0 Å². The predicted octanol–water partition coefficient (Wildman–Crippen LogP) is 3.27. The second-order valence-electron chi connectivity index (χ2n) is 4.36. The summed E-state index contributed by atoms with van der Waals surface area (Å²) in [4.78, 5) is 0.0296. The maximum atomic E-state index is 13.5. The molecule has 0 saturated heterocycles. The van der Waals surface area contributed by atoms with Crippen LogP contribution in [0.2, 0.25) is 0 Å². The Morgan fingerprint density at radius 3 is 2.76 bits per heavy atom. The highest BCUT2D eigenvalue weighted by Gasteiger charge is 2.11. The lowest BCUT2D eigenvalue weighted by atomic mass is 10.1. The van der Waals surface area contributed by atoms with Crippen molar-refractivity contribution in [3.05, 3.63) is 29.6 Å². The highest BCUT2D eigenvalue weighted by Crippen LogP contribution is 2.21. The fourth-order valence-corrected chi connectivity index (χ4v) is 1.74. The summed E-state index contributed by atoms with van der Waals surface area (Å²) in [6.45, 7) is 4.86. The Morgan fingerprint density at radius 2 is 2.18 bits per heavy atom. The van der Waals surface area contributed by atoms with Crippen molar-refractivity contribution in [3.8, 4) is 5.75 Å². The Morgan fingerprint density at radius 1 is 1.47 bits per heavy atom. The zero-order valence-electron chi connectivity index (χ0n) is 10.2. The molecule has 1 aromatic rings. The summed E-state index contributed by atoms with van der Waals surface area (Å²) in [6, 6.07) is 4.61. The van der Waals surface area contributed by atoms with Crippen LogP contribution in [0.1, 0.15) is 32.3 Å². The Labute approximate surface area is 107 Å². The molecule has 0 aliphatic heterocycles. The van der Waals surface area contributed by atoms with E-state index in [9.17, 15) is 4.39 Å². The lowest BCUT2D eigenvalue weighted by Gasteiger charge is -2.11. The first kappa shape index (κ1) is 13.9. The van der Waals surface area contributed by atoms with Crippen LogP contribution in [0.4, 0.5) is 4.39 Å². The molecule has 0 bridgehead atoms. The van der Waals surface area contributed by atoms with E-state index in [4.69, 9.17) is 22.7 Å². The molecular formula is C13H18FNOS. The van der Waals surface area contributed by atoms with Crippen LogP contribution in [0.3, 0.4) is 0 Å². The van der Waals surface area contributed by atoms with Crippen LogP contribution in [-0.4, -0.2) is 11.6 Å². The number of ether oxygens (including phenoxy) is 1. The van der Waals surface area contributed by atoms with Crippen molar-refractivity contribution in [3.63, 3.8) is 0 Å². The molecule has 1 aromatic carbocycles. The van der Waals surface area contributed by atoms with E-state index in [1.54, 1.807) is 12.1 Å². The highest BCUT2D eigenvalue weighted by atomic mass is 32.1. The Balaban J connectivity index is 2.64. The van der Waals surface area contributed by atoms with Crippen LogP contribution in [0.5, 0.6) is 5.75 Å². The van der Waals surface area contributed by atoms with Gasteiger partial charge in [-0.3, -0.25) is 0 Å². The lowest BCUT2D eigenvalue weighted by molar-refractivity contribution is 0.296. The molecule has 1 rings (SSSR count). The lowest BCUT2D eigenvalue weighted by Crippen LogP contribution is -2.14. The third-order valence-corrected chi connectivity index (χ3v) is 2.61. The summed E-state index contributed by atoms with van der Waals surface area (Å²) in [6.07, 6.45) is 2.02. The van der Waals surface area contributed by atoms with Crippen molar-refractivity contribution in [1.82, 2.24) is 0 Å². The fourth-order valence-electron chi connectivity index (χ4n) is 1.54. The molecule has 0 amide bonds. The molecule has 0 fully saturated rings. The molecule has 4 heteroatoms. The van der Waals surface area contributed by atoms with E-state index in [-0.39, 0.29) is 10.6 Å². The van der Waals surface area contributed by atoms with E-state index in [1.165, 1.54) is 6.07 Å². The Kier molecular flexibility index (Phi) is 5.35. The van der Waals surface area contributed by atoms with Gasteiger partial charge in [-0.25, -0.2) is 4.39 Å². The summed E-state index contributed by atoms with van der Waals surface area (Å²) in [5.41, 5.74) is 5.68. The Bertz CT molecular complexity index is 393. The third-order valence-electron chi connectivity index (χ3n) is 2.41. The summed E-state index contributed by atoms with van der Waals surface area (Å²) >= 11 is 4.82. The standard InChI is InChI=1S/C13H18FNOS/c1-9(2)5-4-8-16-11-7-3-6-10(14)12(11)13(15)17/h3,6-7,9H,4-5,8H2,1-2H3,(H2,15,17). The van der Waals surface area contributed by atoms with Gasteiger partial charge in [0.15, 0.2) is 0 Å². The van der Waals surface area contributed by atoms with Crippen LogP contribution >= 0.6 is 12.2 Å². The molecule has 0 radical (unpaired) electrons. The first-order chi connectivity index (χ1) is 8.02.